The van der Waals surface area contributed by atoms with Gasteiger partial charge in [0.2, 0.25) is 5.95 Å². The Kier molecular flexibility index (Phi) is 2.33. The van der Waals surface area contributed by atoms with Crippen molar-refractivity contribution in [1.82, 2.24) is 15.2 Å². The van der Waals surface area contributed by atoms with Gasteiger partial charge in [-0.05, 0) is 22.9 Å². The number of nitrogens with two attached hydrogens (primary N) is 1. The van der Waals surface area contributed by atoms with E-state index in [0.717, 1.165) is 15.4 Å². The molecule has 84 valence electrons. The maximum Gasteiger partial charge on any atom is 0.239 e. The van der Waals surface area contributed by atoms with Crippen LogP contribution < -0.4 is 5.73 Å². The fraction of sp³-hybridized carbons (Fsp3) is 0. The summed E-state index contributed by atoms with van der Waals surface area (Å²) in [4.78, 5) is 4.11. The lowest BCUT2D eigenvalue weighted by Gasteiger charge is -2.02. The number of hydrogen-bond acceptors (Lipinski definition) is 3. The molecule has 3 N–H and O–H groups in total. The van der Waals surface area contributed by atoms with Gasteiger partial charge in [0.25, 0.3) is 0 Å². The van der Waals surface area contributed by atoms with Crippen LogP contribution in [0.5, 0.6) is 0 Å². The van der Waals surface area contributed by atoms with E-state index >= 15 is 0 Å². The summed E-state index contributed by atoms with van der Waals surface area (Å²) in [5.74, 6) is 0.943. The van der Waals surface area contributed by atoms with Crippen LogP contribution in [0, 0.1) is 0 Å². The van der Waals surface area contributed by atoms with Gasteiger partial charge in [-0.15, -0.1) is 5.10 Å². The van der Waals surface area contributed by atoms with Crippen LogP contribution in [0.4, 0.5) is 5.95 Å². The maximum atomic E-state index is 5.49. The van der Waals surface area contributed by atoms with Gasteiger partial charge in [-0.25, -0.2) is 0 Å². The monoisotopic (exact) mass is 288 g/mol. The highest BCUT2D eigenvalue weighted by atomic mass is 79.9. The van der Waals surface area contributed by atoms with Crippen LogP contribution in [-0.4, -0.2) is 15.2 Å². The van der Waals surface area contributed by atoms with E-state index in [0.29, 0.717) is 5.82 Å². The van der Waals surface area contributed by atoms with E-state index in [4.69, 9.17) is 5.73 Å². The van der Waals surface area contributed by atoms with Crippen LogP contribution in [-0.2, 0) is 0 Å². The first kappa shape index (κ1) is 10.3. The molecule has 0 aliphatic carbocycles. The molecule has 0 aliphatic heterocycles. The molecule has 0 atom stereocenters. The highest BCUT2D eigenvalue weighted by Gasteiger charge is 2.05. The lowest BCUT2D eigenvalue weighted by molar-refractivity contribution is 1.10. The first-order chi connectivity index (χ1) is 8.24. The number of rotatable bonds is 1. The highest BCUT2D eigenvalue weighted by molar-refractivity contribution is 9.10. The van der Waals surface area contributed by atoms with Gasteiger partial charge in [0.05, 0.1) is 0 Å². The molecule has 3 aromatic rings. The lowest BCUT2D eigenvalue weighted by atomic mass is 10.1. The number of nitrogen functional groups attached to an aromatic ring is 1. The smallest absolute Gasteiger partial charge is 0.239 e. The SMILES string of the molecule is Nc1n[nH]c(-c2ccc3c(Br)cccc3c2)n1. The van der Waals surface area contributed by atoms with Crippen molar-refractivity contribution in [1.29, 1.82) is 0 Å². The van der Waals surface area contributed by atoms with Crippen molar-refractivity contribution >= 4 is 32.7 Å². The van der Waals surface area contributed by atoms with Gasteiger partial charge in [0.15, 0.2) is 5.82 Å². The molecule has 0 aliphatic rings. The van der Waals surface area contributed by atoms with Gasteiger partial charge in [0, 0.05) is 10.0 Å². The quantitative estimate of drug-likeness (QED) is 0.723. The minimum atomic E-state index is 0.259. The summed E-state index contributed by atoms with van der Waals surface area (Å²) in [5.41, 5.74) is 6.46. The summed E-state index contributed by atoms with van der Waals surface area (Å²) < 4.78 is 1.08. The van der Waals surface area contributed by atoms with E-state index < -0.39 is 0 Å². The Morgan fingerprint density at radius 1 is 1.18 bits per heavy atom. The number of H-pyrrole nitrogens is 1. The molecular formula is C12H9BrN4. The normalized spacial score (nSPS) is 10.9. The van der Waals surface area contributed by atoms with Gasteiger partial charge in [0.1, 0.15) is 0 Å². The zero-order valence-corrected chi connectivity index (χ0v) is 10.4. The molecule has 0 bridgehead atoms. The second-order valence-electron chi connectivity index (χ2n) is 3.72. The van der Waals surface area contributed by atoms with Crippen LogP contribution in [0.1, 0.15) is 0 Å². The molecule has 0 fully saturated rings. The molecule has 1 aromatic heterocycles. The van der Waals surface area contributed by atoms with Crippen molar-refractivity contribution in [3.63, 3.8) is 0 Å². The number of fused-ring (bicyclic) bond motifs is 1. The largest absolute Gasteiger partial charge is 0.366 e. The number of halogens is 1. The Bertz CT molecular complexity index is 690. The number of nitrogens with one attached hydrogen (secondary N) is 1. The van der Waals surface area contributed by atoms with Crippen molar-refractivity contribution in [3.05, 3.63) is 40.9 Å². The fourth-order valence-corrected chi connectivity index (χ4v) is 2.31. The predicted octanol–water partition coefficient (Wildman–Crippen LogP) is 2.97. The molecule has 0 amide bonds. The van der Waals surface area contributed by atoms with E-state index in [-0.39, 0.29) is 5.95 Å². The summed E-state index contributed by atoms with van der Waals surface area (Å²) in [6.45, 7) is 0. The Morgan fingerprint density at radius 2 is 2.06 bits per heavy atom. The molecular weight excluding hydrogens is 280 g/mol. The van der Waals surface area contributed by atoms with Crippen LogP contribution in [0.25, 0.3) is 22.2 Å². The summed E-state index contributed by atoms with van der Waals surface area (Å²) >= 11 is 3.53. The van der Waals surface area contributed by atoms with Gasteiger partial charge in [-0.2, -0.15) is 4.98 Å². The van der Waals surface area contributed by atoms with Gasteiger partial charge in [-0.1, -0.05) is 40.2 Å². The molecule has 0 radical (unpaired) electrons. The van der Waals surface area contributed by atoms with E-state index in [9.17, 15) is 0 Å². The molecule has 0 saturated heterocycles. The first-order valence-electron chi connectivity index (χ1n) is 5.10. The molecule has 4 nitrogen and oxygen atoms in total. The summed E-state index contributed by atoms with van der Waals surface area (Å²) in [6, 6.07) is 12.2. The van der Waals surface area contributed by atoms with Gasteiger partial charge < -0.3 is 5.73 Å². The van der Waals surface area contributed by atoms with Crippen molar-refractivity contribution in [3.8, 4) is 11.4 Å². The maximum absolute atomic E-state index is 5.49. The number of benzene rings is 2. The number of anilines is 1. The van der Waals surface area contributed by atoms with Gasteiger partial charge >= 0.3 is 0 Å². The summed E-state index contributed by atoms with van der Waals surface area (Å²) in [6.07, 6.45) is 0. The van der Waals surface area contributed by atoms with E-state index in [1.807, 2.05) is 24.3 Å². The van der Waals surface area contributed by atoms with Crippen LogP contribution in [0.15, 0.2) is 40.9 Å². The Morgan fingerprint density at radius 3 is 2.82 bits per heavy atom. The van der Waals surface area contributed by atoms with E-state index in [2.05, 4.69) is 43.2 Å². The molecule has 17 heavy (non-hydrogen) atoms. The van der Waals surface area contributed by atoms with Crippen molar-refractivity contribution in [2.75, 3.05) is 5.73 Å². The summed E-state index contributed by atoms with van der Waals surface area (Å²) in [7, 11) is 0. The second kappa shape index (κ2) is 3.85. The molecule has 0 unspecified atom stereocenters. The molecule has 2 aromatic carbocycles. The number of aromatic amines is 1. The Labute approximate surface area is 106 Å². The molecule has 3 rings (SSSR count). The van der Waals surface area contributed by atoms with Crippen molar-refractivity contribution in [2.45, 2.75) is 0 Å². The minimum absolute atomic E-state index is 0.259. The fourth-order valence-electron chi connectivity index (χ4n) is 1.80. The number of hydrogen-bond donors (Lipinski definition) is 2. The predicted molar refractivity (Wildman–Crippen MR) is 71.4 cm³/mol. The highest BCUT2D eigenvalue weighted by Crippen LogP contribution is 2.27. The average molecular weight is 289 g/mol. The third kappa shape index (κ3) is 1.78. The van der Waals surface area contributed by atoms with Crippen LogP contribution >= 0.6 is 15.9 Å². The van der Waals surface area contributed by atoms with Crippen molar-refractivity contribution in [2.24, 2.45) is 0 Å². The topological polar surface area (TPSA) is 67.6 Å². The van der Waals surface area contributed by atoms with Crippen LogP contribution in [0.2, 0.25) is 0 Å². The zero-order valence-electron chi connectivity index (χ0n) is 8.81. The summed E-state index contributed by atoms with van der Waals surface area (Å²) in [5, 5.41) is 8.94. The Hall–Kier alpha value is -1.88. The minimum Gasteiger partial charge on any atom is -0.366 e. The second-order valence-corrected chi connectivity index (χ2v) is 4.57. The van der Waals surface area contributed by atoms with Crippen LogP contribution in [0.3, 0.4) is 0 Å². The zero-order chi connectivity index (χ0) is 11.8. The number of aromatic nitrogens is 3. The molecule has 5 heteroatoms. The van der Waals surface area contributed by atoms with Gasteiger partial charge in [-0.3, -0.25) is 5.10 Å². The molecule has 1 heterocycles. The Balaban J connectivity index is 2.20. The van der Waals surface area contributed by atoms with E-state index in [1.165, 1.54) is 5.39 Å². The van der Waals surface area contributed by atoms with Crippen molar-refractivity contribution < 1.29 is 0 Å². The van der Waals surface area contributed by atoms with E-state index in [1.54, 1.807) is 0 Å². The third-order valence-corrected chi connectivity index (χ3v) is 3.29. The standard InChI is InChI=1S/C12H9BrN4/c13-10-3-1-2-7-6-8(4-5-9(7)10)11-15-12(14)17-16-11/h1-6H,(H3,14,15,16,17). The lowest BCUT2D eigenvalue weighted by Crippen LogP contribution is -1.85. The molecule has 0 saturated carbocycles. The first-order valence-corrected chi connectivity index (χ1v) is 5.90. The number of nitrogens with zero attached hydrogens (tertiary/aromatic N) is 2. The molecule has 0 spiro atoms. The third-order valence-electron chi connectivity index (χ3n) is 2.60. The average Bonchev–Trinajstić information content (AvgIpc) is 2.76.